The van der Waals surface area contributed by atoms with Crippen molar-refractivity contribution in [1.29, 1.82) is 5.41 Å². The molecule has 0 bridgehead atoms. The summed E-state index contributed by atoms with van der Waals surface area (Å²) in [5, 5.41) is 24.9. The fraction of sp³-hybridized carbons (Fsp3) is 0.229. The van der Waals surface area contributed by atoms with Gasteiger partial charge in [0.2, 0.25) is 5.91 Å². The maximum absolute atomic E-state index is 13.5. The van der Waals surface area contributed by atoms with Gasteiger partial charge in [-0.3, -0.25) is 15.0 Å². The monoisotopic (exact) mass is 609 g/mol. The van der Waals surface area contributed by atoms with Crippen molar-refractivity contribution in [2.75, 3.05) is 24.3 Å². The molecular weight excluding hydrogens is 570 g/mol. The van der Waals surface area contributed by atoms with Crippen LogP contribution in [0.15, 0.2) is 91.0 Å². The van der Waals surface area contributed by atoms with Gasteiger partial charge in [-0.25, -0.2) is 0 Å². The molecule has 1 atom stereocenters. The Labute approximate surface area is 263 Å². The van der Waals surface area contributed by atoms with Crippen LogP contribution in [0.4, 0.5) is 11.4 Å². The molecule has 45 heavy (non-hydrogen) atoms. The lowest BCUT2D eigenvalue weighted by atomic mass is 10.0. The molecule has 7 N–H and O–H groups in total. The van der Waals surface area contributed by atoms with Crippen molar-refractivity contribution in [2.24, 2.45) is 5.73 Å². The number of fused-ring (bicyclic) bond motifs is 1. The van der Waals surface area contributed by atoms with E-state index in [4.69, 9.17) is 30.5 Å². The van der Waals surface area contributed by atoms with Crippen LogP contribution in [-0.4, -0.2) is 36.5 Å². The molecule has 0 spiro atoms. The number of carbonyl (C=O) groups excluding carboxylic acids is 1. The zero-order chi connectivity index (χ0) is 32.2. The Morgan fingerprint density at radius 2 is 1.71 bits per heavy atom. The number of hydrogen-bond acceptors (Lipinski definition) is 7. The minimum absolute atomic E-state index is 0.0133. The van der Waals surface area contributed by atoms with Gasteiger partial charge in [0.05, 0.1) is 7.11 Å². The van der Waals surface area contributed by atoms with Gasteiger partial charge >= 0.3 is 0 Å². The highest BCUT2D eigenvalue weighted by Crippen LogP contribution is 2.33. The van der Waals surface area contributed by atoms with Crippen LogP contribution in [0, 0.1) is 5.41 Å². The van der Waals surface area contributed by atoms with E-state index in [1.165, 1.54) is 11.3 Å². The number of carboxylic acids is 1. The quantitative estimate of drug-likeness (QED) is 0.0964. The van der Waals surface area contributed by atoms with E-state index in [1.54, 1.807) is 31.4 Å². The smallest absolute Gasteiger partial charge is 0.300 e. The minimum Gasteiger partial charge on any atom is -0.493 e. The second-order valence-electron chi connectivity index (χ2n) is 10.5. The summed E-state index contributed by atoms with van der Waals surface area (Å²) in [4.78, 5) is 22.5. The van der Waals surface area contributed by atoms with Gasteiger partial charge in [0, 0.05) is 37.0 Å². The van der Waals surface area contributed by atoms with Crippen molar-refractivity contribution in [3.8, 4) is 11.5 Å². The van der Waals surface area contributed by atoms with E-state index in [9.17, 15) is 4.79 Å². The van der Waals surface area contributed by atoms with Crippen LogP contribution in [0.25, 0.3) is 0 Å². The highest BCUT2D eigenvalue weighted by atomic mass is 16.5. The van der Waals surface area contributed by atoms with Gasteiger partial charge in [-0.05, 0) is 77.6 Å². The van der Waals surface area contributed by atoms with Crippen LogP contribution in [0.3, 0.4) is 0 Å². The summed E-state index contributed by atoms with van der Waals surface area (Å²) in [5.41, 5.74) is 12.2. The van der Waals surface area contributed by atoms with Crippen LogP contribution in [-0.2, 0) is 29.2 Å². The van der Waals surface area contributed by atoms with E-state index in [0.29, 0.717) is 35.8 Å². The first-order chi connectivity index (χ1) is 21.7. The van der Waals surface area contributed by atoms with E-state index in [0.717, 1.165) is 43.1 Å². The molecule has 1 heterocycles. The molecule has 0 fully saturated rings. The van der Waals surface area contributed by atoms with Gasteiger partial charge < -0.3 is 36.3 Å². The molecule has 1 aliphatic rings. The summed E-state index contributed by atoms with van der Waals surface area (Å²) in [5.74, 6) is 0.0896. The molecule has 10 nitrogen and oxygen atoms in total. The zero-order valence-electron chi connectivity index (χ0n) is 25.4. The third kappa shape index (κ3) is 9.49. The molecule has 0 radical (unpaired) electrons. The van der Waals surface area contributed by atoms with Gasteiger partial charge in [-0.15, -0.1) is 0 Å². The van der Waals surface area contributed by atoms with E-state index in [1.807, 2.05) is 48.5 Å². The number of amides is 1. The number of amidine groups is 1. The lowest BCUT2D eigenvalue weighted by Gasteiger charge is -2.22. The van der Waals surface area contributed by atoms with Gasteiger partial charge in [0.1, 0.15) is 18.5 Å². The third-order valence-corrected chi connectivity index (χ3v) is 7.11. The van der Waals surface area contributed by atoms with Crippen LogP contribution in [0.5, 0.6) is 11.5 Å². The zero-order valence-corrected chi connectivity index (χ0v) is 25.4. The Hall–Kier alpha value is -5.51. The Morgan fingerprint density at radius 3 is 2.40 bits per heavy atom. The fourth-order valence-electron chi connectivity index (χ4n) is 4.84. The SMILES string of the molecule is CC(=O)O.COc1cc(C(Nc2ccc(C(=N)N)cc2)C(=O)NCc2ccccc2)ccc1OCc1ccc2c(c1)NCCC2. The Kier molecular flexibility index (Phi) is 11.4. The predicted octanol–water partition coefficient (Wildman–Crippen LogP) is 5.48. The second-order valence-corrected chi connectivity index (χ2v) is 10.5. The number of methoxy groups -OCH3 is 1. The largest absolute Gasteiger partial charge is 0.493 e. The lowest BCUT2D eigenvalue weighted by molar-refractivity contribution is -0.134. The molecule has 4 aromatic rings. The molecule has 4 aromatic carbocycles. The first-order valence-corrected chi connectivity index (χ1v) is 14.6. The summed E-state index contributed by atoms with van der Waals surface area (Å²) in [7, 11) is 1.59. The van der Waals surface area contributed by atoms with Gasteiger partial charge in [-0.2, -0.15) is 0 Å². The summed E-state index contributed by atoms with van der Waals surface area (Å²) < 4.78 is 11.8. The number of nitrogen functional groups attached to an aromatic ring is 1. The van der Waals surface area contributed by atoms with Crippen LogP contribution >= 0.6 is 0 Å². The predicted molar refractivity (Wildman–Crippen MR) is 176 cm³/mol. The topological polar surface area (TPSA) is 159 Å². The maximum Gasteiger partial charge on any atom is 0.300 e. The number of ether oxygens (including phenoxy) is 2. The van der Waals surface area contributed by atoms with Crippen molar-refractivity contribution in [1.82, 2.24) is 5.32 Å². The molecule has 1 unspecified atom stereocenters. The van der Waals surface area contributed by atoms with Crippen molar-refractivity contribution in [3.63, 3.8) is 0 Å². The van der Waals surface area contributed by atoms with Crippen molar-refractivity contribution in [3.05, 3.63) is 119 Å². The number of benzene rings is 4. The molecule has 0 aromatic heterocycles. The molecule has 5 rings (SSSR count). The summed E-state index contributed by atoms with van der Waals surface area (Å²) >= 11 is 0. The molecule has 1 amide bonds. The molecule has 0 aliphatic carbocycles. The fourth-order valence-corrected chi connectivity index (χ4v) is 4.84. The Balaban J connectivity index is 0.00000109. The number of carbonyl (C=O) groups is 2. The van der Waals surface area contributed by atoms with E-state index in [-0.39, 0.29) is 11.7 Å². The Bertz CT molecular complexity index is 1610. The van der Waals surface area contributed by atoms with E-state index >= 15 is 0 Å². The average molecular weight is 610 g/mol. The number of hydrogen-bond donors (Lipinski definition) is 6. The van der Waals surface area contributed by atoms with Gasteiger partial charge in [0.15, 0.2) is 11.5 Å². The standard InChI is InChI=1S/C33H35N5O3.C2H4O2/c1-40-30-19-26(13-16-29(30)41-21-23-9-10-24-8-5-17-36-28(24)18-23)31(33(39)37-20-22-6-3-2-4-7-22)38-27-14-11-25(12-15-27)32(34)35;1-2(3)4/h2-4,6-7,9-16,18-19,31,36,38H,5,8,17,20-21H2,1H3,(H3,34,35)(H,37,39);1H3,(H,3,4). The van der Waals surface area contributed by atoms with Gasteiger partial charge in [0.25, 0.3) is 5.97 Å². The first-order valence-electron chi connectivity index (χ1n) is 14.6. The molecular formula is C35H39N5O5. The van der Waals surface area contributed by atoms with Crippen LogP contribution in [0.1, 0.15) is 47.2 Å². The van der Waals surface area contributed by atoms with Crippen LogP contribution in [0.2, 0.25) is 0 Å². The van der Waals surface area contributed by atoms with Crippen molar-refractivity contribution >= 4 is 29.1 Å². The molecule has 0 saturated carbocycles. The van der Waals surface area contributed by atoms with Crippen molar-refractivity contribution < 1.29 is 24.2 Å². The summed E-state index contributed by atoms with van der Waals surface area (Å²) in [6.07, 6.45) is 2.24. The minimum atomic E-state index is -0.833. The summed E-state index contributed by atoms with van der Waals surface area (Å²) in [6, 6.07) is 28.1. The number of aliphatic carboxylic acids is 1. The van der Waals surface area contributed by atoms with Gasteiger partial charge in [-0.1, -0.05) is 48.5 Å². The first kappa shape index (κ1) is 32.4. The Morgan fingerprint density at radius 1 is 0.978 bits per heavy atom. The second kappa shape index (κ2) is 15.8. The molecule has 1 aliphatic heterocycles. The van der Waals surface area contributed by atoms with E-state index < -0.39 is 12.0 Å². The highest BCUT2D eigenvalue weighted by molar-refractivity contribution is 5.95. The molecule has 0 saturated heterocycles. The highest BCUT2D eigenvalue weighted by Gasteiger charge is 2.23. The number of anilines is 2. The number of nitrogens with one attached hydrogen (secondary N) is 4. The number of nitrogens with two attached hydrogens (primary N) is 1. The maximum atomic E-state index is 13.5. The third-order valence-electron chi connectivity index (χ3n) is 7.11. The number of carboxylic acid groups (broad SMARTS) is 1. The number of rotatable bonds is 11. The van der Waals surface area contributed by atoms with E-state index in [2.05, 4.69) is 34.1 Å². The molecule has 234 valence electrons. The number of aryl methyl sites for hydroxylation is 1. The lowest BCUT2D eigenvalue weighted by Crippen LogP contribution is -2.33. The average Bonchev–Trinajstić information content (AvgIpc) is 3.05. The molecule has 10 heteroatoms. The summed E-state index contributed by atoms with van der Waals surface area (Å²) in [6.45, 7) is 2.86. The normalized spacial score (nSPS) is 12.2. The van der Waals surface area contributed by atoms with Crippen LogP contribution < -0.4 is 31.2 Å². The van der Waals surface area contributed by atoms with Crippen molar-refractivity contribution in [2.45, 2.75) is 39.0 Å².